The van der Waals surface area contributed by atoms with Gasteiger partial charge in [0.15, 0.2) is 11.6 Å². The van der Waals surface area contributed by atoms with E-state index in [1.54, 1.807) is 18.3 Å². The number of sulfonamides is 1. The van der Waals surface area contributed by atoms with Crippen LogP contribution in [0.25, 0.3) is 0 Å². The number of rotatable bonds is 4. The third-order valence-corrected chi connectivity index (χ3v) is 6.19. The maximum absolute atomic E-state index is 12.7. The van der Waals surface area contributed by atoms with Crippen molar-refractivity contribution in [1.82, 2.24) is 13.1 Å². The molecule has 0 N–H and O–H groups in total. The fraction of sp³-hybridized carbons (Fsp3) is 0.357. The van der Waals surface area contributed by atoms with Crippen molar-refractivity contribution in [3.63, 3.8) is 0 Å². The Hall–Kier alpha value is -1.84. The summed E-state index contributed by atoms with van der Waals surface area (Å²) in [7, 11) is -3.53. The van der Waals surface area contributed by atoms with Crippen LogP contribution >= 0.6 is 11.7 Å². The van der Waals surface area contributed by atoms with Gasteiger partial charge in [-0.15, -0.1) is 0 Å². The van der Waals surface area contributed by atoms with Crippen molar-refractivity contribution in [3.05, 3.63) is 36.0 Å². The molecular formula is C14H16N4O3S2. The first-order valence-electron chi connectivity index (χ1n) is 7.12. The zero-order chi connectivity index (χ0) is 16.4. The zero-order valence-corrected chi connectivity index (χ0v) is 14.2. The molecule has 0 atom stereocenters. The molecule has 0 amide bonds. The van der Waals surface area contributed by atoms with Crippen molar-refractivity contribution in [3.8, 4) is 0 Å². The Kier molecular flexibility index (Phi) is 4.42. The van der Waals surface area contributed by atoms with Crippen LogP contribution in [-0.2, 0) is 10.0 Å². The molecule has 0 unspecified atom stereocenters. The van der Waals surface area contributed by atoms with Gasteiger partial charge in [-0.1, -0.05) is 12.1 Å². The van der Waals surface area contributed by atoms with Gasteiger partial charge >= 0.3 is 0 Å². The van der Waals surface area contributed by atoms with E-state index in [-0.39, 0.29) is 10.7 Å². The van der Waals surface area contributed by atoms with E-state index in [4.69, 9.17) is 0 Å². The molecule has 1 aromatic carbocycles. The Labute approximate surface area is 138 Å². The molecule has 2 heterocycles. The number of benzene rings is 1. The summed E-state index contributed by atoms with van der Waals surface area (Å²) in [5, 5.41) is 0. The van der Waals surface area contributed by atoms with Crippen LogP contribution in [0.3, 0.4) is 0 Å². The fourth-order valence-electron chi connectivity index (χ4n) is 2.47. The Balaban J connectivity index is 1.72. The molecule has 0 spiro atoms. The summed E-state index contributed by atoms with van der Waals surface area (Å²) in [5.41, 5.74) is 0.504. The summed E-state index contributed by atoms with van der Waals surface area (Å²) in [4.78, 5) is 13.5. The van der Waals surface area contributed by atoms with E-state index in [1.807, 2.05) is 4.90 Å². The first-order valence-corrected chi connectivity index (χ1v) is 9.29. The van der Waals surface area contributed by atoms with Gasteiger partial charge in [-0.05, 0) is 19.1 Å². The summed E-state index contributed by atoms with van der Waals surface area (Å²) in [6.07, 6.45) is 1.69. The second-order valence-electron chi connectivity index (χ2n) is 5.24. The van der Waals surface area contributed by atoms with Crippen LogP contribution in [-0.4, -0.2) is 53.4 Å². The first-order chi connectivity index (χ1) is 11.0. The molecule has 0 saturated carbocycles. The van der Waals surface area contributed by atoms with Crippen molar-refractivity contribution in [2.75, 3.05) is 31.1 Å². The summed E-state index contributed by atoms with van der Waals surface area (Å²) >= 11 is 1.14. The fourth-order valence-corrected chi connectivity index (χ4v) is 4.32. The van der Waals surface area contributed by atoms with Crippen molar-refractivity contribution < 1.29 is 13.2 Å². The van der Waals surface area contributed by atoms with E-state index in [2.05, 4.69) is 8.75 Å². The first kappa shape index (κ1) is 16.0. The molecule has 1 aromatic heterocycles. The Bertz CT molecular complexity index is 780. The van der Waals surface area contributed by atoms with E-state index in [0.29, 0.717) is 31.7 Å². The van der Waals surface area contributed by atoms with E-state index in [1.165, 1.54) is 23.4 Å². The van der Waals surface area contributed by atoms with Gasteiger partial charge in [0.25, 0.3) is 0 Å². The number of carbonyl (C=O) groups is 1. The second kappa shape index (κ2) is 6.34. The van der Waals surface area contributed by atoms with Crippen LogP contribution in [0.15, 0.2) is 35.4 Å². The number of anilines is 1. The Morgan fingerprint density at radius 3 is 2.30 bits per heavy atom. The highest BCUT2D eigenvalue weighted by Gasteiger charge is 2.29. The summed E-state index contributed by atoms with van der Waals surface area (Å²) in [6.45, 7) is 3.41. The van der Waals surface area contributed by atoms with Crippen LogP contribution in [0.2, 0.25) is 0 Å². The standard InChI is InChI=1S/C14H16N4O3S2/c1-11(19)12-2-4-13(5-3-12)23(20,21)18-8-6-17(7-9-18)14-10-15-22-16-14/h2-5,10H,6-9H2,1H3. The van der Waals surface area contributed by atoms with Crippen molar-refractivity contribution >= 4 is 33.4 Å². The SMILES string of the molecule is CC(=O)c1ccc(S(=O)(=O)N2CCN(c3cnsn3)CC2)cc1. The van der Waals surface area contributed by atoms with Crippen molar-refractivity contribution in [1.29, 1.82) is 0 Å². The summed E-state index contributed by atoms with van der Waals surface area (Å²) < 4.78 is 34.9. The molecule has 0 aliphatic carbocycles. The monoisotopic (exact) mass is 352 g/mol. The largest absolute Gasteiger partial charge is 0.352 e. The third kappa shape index (κ3) is 3.26. The van der Waals surface area contributed by atoms with E-state index >= 15 is 0 Å². The Morgan fingerprint density at radius 1 is 1.13 bits per heavy atom. The number of aromatic nitrogens is 2. The summed E-state index contributed by atoms with van der Waals surface area (Å²) in [6, 6.07) is 6.07. The van der Waals surface area contributed by atoms with Gasteiger partial charge in [-0.2, -0.15) is 13.1 Å². The molecule has 9 heteroatoms. The molecule has 1 saturated heterocycles. The van der Waals surface area contributed by atoms with Gasteiger partial charge in [-0.25, -0.2) is 8.42 Å². The molecule has 122 valence electrons. The Morgan fingerprint density at radius 2 is 1.78 bits per heavy atom. The molecule has 1 aliphatic rings. The molecule has 0 radical (unpaired) electrons. The average molecular weight is 352 g/mol. The maximum Gasteiger partial charge on any atom is 0.243 e. The van der Waals surface area contributed by atoms with Crippen LogP contribution in [0.1, 0.15) is 17.3 Å². The van der Waals surface area contributed by atoms with Crippen LogP contribution in [0.4, 0.5) is 5.82 Å². The quantitative estimate of drug-likeness (QED) is 0.770. The van der Waals surface area contributed by atoms with E-state index in [0.717, 1.165) is 17.5 Å². The molecule has 3 rings (SSSR count). The highest BCUT2D eigenvalue weighted by molar-refractivity contribution is 7.89. The van der Waals surface area contributed by atoms with Gasteiger partial charge in [0.1, 0.15) is 0 Å². The average Bonchev–Trinajstić information content (AvgIpc) is 3.09. The maximum atomic E-state index is 12.7. The molecule has 2 aromatic rings. The number of piperazine rings is 1. The minimum absolute atomic E-state index is 0.0839. The number of hydrogen-bond acceptors (Lipinski definition) is 7. The number of carbonyl (C=O) groups excluding carboxylic acids is 1. The third-order valence-electron chi connectivity index (χ3n) is 3.81. The number of nitrogens with zero attached hydrogens (tertiary/aromatic N) is 4. The predicted octanol–water partition coefficient (Wildman–Crippen LogP) is 1.25. The van der Waals surface area contributed by atoms with Gasteiger partial charge in [0.05, 0.1) is 22.8 Å². The lowest BCUT2D eigenvalue weighted by Gasteiger charge is -2.33. The van der Waals surface area contributed by atoms with Gasteiger partial charge in [-0.3, -0.25) is 4.79 Å². The van der Waals surface area contributed by atoms with Crippen LogP contribution in [0.5, 0.6) is 0 Å². The molecular weight excluding hydrogens is 336 g/mol. The van der Waals surface area contributed by atoms with Gasteiger partial charge < -0.3 is 4.90 Å². The summed E-state index contributed by atoms with van der Waals surface area (Å²) in [5.74, 6) is 0.706. The lowest BCUT2D eigenvalue weighted by molar-refractivity contribution is 0.101. The van der Waals surface area contributed by atoms with Gasteiger partial charge in [0, 0.05) is 31.7 Å². The predicted molar refractivity (Wildman–Crippen MR) is 87.3 cm³/mol. The molecule has 1 fully saturated rings. The van der Waals surface area contributed by atoms with Crippen LogP contribution < -0.4 is 4.90 Å². The number of Topliss-reactive ketones (excluding diaryl/α,β-unsaturated/α-hetero) is 1. The molecule has 1 aliphatic heterocycles. The van der Waals surface area contributed by atoms with Crippen molar-refractivity contribution in [2.45, 2.75) is 11.8 Å². The number of ketones is 1. The lowest BCUT2D eigenvalue weighted by Crippen LogP contribution is -2.48. The highest BCUT2D eigenvalue weighted by Crippen LogP contribution is 2.20. The van der Waals surface area contributed by atoms with Crippen LogP contribution in [0, 0.1) is 0 Å². The van der Waals surface area contributed by atoms with E-state index < -0.39 is 10.0 Å². The van der Waals surface area contributed by atoms with E-state index in [9.17, 15) is 13.2 Å². The zero-order valence-electron chi connectivity index (χ0n) is 12.5. The normalized spacial score (nSPS) is 16.5. The highest BCUT2D eigenvalue weighted by atomic mass is 32.2. The molecule has 7 nitrogen and oxygen atoms in total. The molecule has 23 heavy (non-hydrogen) atoms. The molecule has 0 bridgehead atoms. The minimum Gasteiger partial charge on any atom is -0.352 e. The van der Waals surface area contributed by atoms with Gasteiger partial charge in [0.2, 0.25) is 10.0 Å². The second-order valence-corrected chi connectivity index (χ2v) is 7.73. The number of hydrogen-bond donors (Lipinski definition) is 0. The van der Waals surface area contributed by atoms with Crippen molar-refractivity contribution in [2.24, 2.45) is 0 Å². The topological polar surface area (TPSA) is 83.5 Å². The minimum atomic E-state index is -3.53. The lowest BCUT2D eigenvalue weighted by atomic mass is 10.2. The smallest absolute Gasteiger partial charge is 0.243 e.